The molecule has 0 spiro atoms. The number of nitrogens with zero attached hydrogens (tertiary/aromatic N) is 4. The van der Waals surface area contributed by atoms with Crippen LogP contribution in [-0.4, -0.2) is 52.3 Å². The van der Waals surface area contributed by atoms with E-state index in [0.717, 1.165) is 43.8 Å². The van der Waals surface area contributed by atoms with Crippen molar-refractivity contribution in [1.82, 2.24) is 19.4 Å². The second-order valence-electron chi connectivity index (χ2n) is 6.99. The third-order valence-electron chi connectivity index (χ3n) is 5.28. The molecule has 0 bridgehead atoms. The summed E-state index contributed by atoms with van der Waals surface area (Å²) >= 11 is 0. The van der Waals surface area contributed by atoms with E-state index in [1.807, 2.05) is 12.3 Å². The van der Waals surface area contributed by atoms with E-state index >= 15 is 0 Å². The van der Waals surface area contributed by atoms with Crippen molar-refractivity contribution in [1.29, 1.82) is 0 Å². The van der Waals surface area contributed by atoms with Crippen LogP contribution in [0.2, 0.25) is 0 Å². The number of hydrogen-bond donors (Lipinski definition) is 0. The molecule has 2 saturated heterocycles. The number of pyridine rings is 1. The molecule has 124 valence electrons. The number of ether oxygens (including phenoxy) is 1. The standard InChI is InChI=1S/C18H26N4O/c1-21-10-7-14(8-11-21)17-20-16-6-4-9-19-18(16)22(17)13-15-5-2-3-12-23-15/h4,6,9,14-15H,2-3,5,7-8,10-13H2,1H3. The Bertz CT molecular complexity index is 654. The van der Waals surface area contributed by atoms with Gasteiger partial charge in [0.05, 0.1) is 12.6 Å². The Balaban J connectivity index is 1.66. The molecular formula is C18H26N4O. The van der Waals surface area contributed by atoms with Crippen molar-refractivity contribution in [3.63, 3.8) is 0 Å². The summed E-state index contributed by atoms with van der Waals surface area (Å²) in [5.41, 5.74) is 2.05. The maximum atomic E-state index is 5.97. The summed E-state index contributed by atoms with van der Waals surface area (Å²) in [7, 11) is 2.20. The van der Waals surface area contributed by atoms with Crippen LogP contribution in [0.3, 0.4) is 0 Å². The monoisotopic (exact) mass is 314 g/mol. The first kappa shape index (κ1) is 15.1. The first-order chi connectivity index (χ1) is 11.3. The van der Waals surface area contributed by atoms with Crippen molar-refractivity contribution in [2.45, 2.75) is 50.7 Å². The Morgan fingerprint density at radius 2 is 2.09 bits per heavy atom. The van der Waals surface area contributed by atoms with Crippen LogP contribution in [0.15, 0.2) is 18.3 Å². The summed E-state index contributed by atoms with van der Waals surface area (Å²) in [6, 6.07) is 4.06. The van der Waals surface area contributed by atoms with Crippen LogP contribution in [0, 0.1) is 0 Å². The predicted molar refractivity (Wildman–Crippen MR) is 90.6 cm³/mol. The van der Waals surface area contributed by atoms with Gasteiger partial charge in [-0.2, -0.15) is 0 Å². The zero-order valence-electron chi connectivity index (χ0n) is 13.9. The lowest BCUT2D eigenvalue weighted by molar-refractivity contribution is 0.00581. The lowest BCUT2D eigenvalue weighted by atomic mass is 9.96. The number of hydrogen-bond acceptors (Lipinski definition) is 4. The zero-order chi connectivity index (χ0) is 15.6. The fraction of sp³-hybridized carbons (Fsp3) is 0.667. The van der Waals surface area contributed by atoms with Gasteiger partial charge in [0.25, 0.3) is 0 Å². The highest BCUT2D eigenvalue weighted by Gasteiger charge is 2.26. The van der Waals surface area contributed by atoms with E-state index in [0.29, 0.717) is 12.0 Å². The SMILES string of the molecule is CN1CCC(c2nc3cccnc3n2CC2CCCCO2)CC1. The van der Waals surface area contributed by atoms with Gasteiger partial charge in [0.1, 0.15) is 11.3 Å². The van der Waals surface area contributed by atoms with Gasteiger partial charge in [-0.15, -0.1) is 0 Å². The Kier molecular flexibility index (Phi) is 4.31. The van der Waals surface area contributed by atoms with E-state index in [4.69, 9.17) is 9.72 Å². The molecular weight excluding hydrogens is 288 g/mol. The topological polar surface area (TPSA) is 43.2 Å². The highest BCUT2D eigenvalue weighted by Crippen LogP contribution is 2.30. The fourth-order valence-electron chi connectivity index (χ4n) is 3.89. The molecule has 1 unspecified atom stereocenters. The zero-order valence-corrected chi connectivity index (χ0v) is 13.9. The van der Waals surface area contributed by atoms with Crippen LogP contribution in [0.1, 0.15) is 43.8 Å². The van der Waals surface area contributed by atoms with E-state index in [-0.39, 0.29) is 0 Å². The summed E-state index contributed by atoms with van der Waals surface area (Å²) in [5, 5.41) is 0. The highest BCUT2D eigenvalue weighted by molar-refractivity contribution is 5.71. The summed E-state index contributed by atoms with van der Waals surface area (Å²) in [6.07, 6.45) is 8.18. The molecule has 4 heterocycles. The molecule has 5 nitrogen and oxygen atoms in total. The second-order valence-corrected chi connectivity index (χ2v) is 6.99. The van der Waals surface area contributed by atoms with Gasteiger partial charge in [-0.25, -0.2) is 9.97 Å². The summed E-state index contributed by atoms with van der Waals surface area (Å²) in [6.45, 7) is 4.10. The van der Waals surface area contributed by atoms with Gasteiger partial charge in [-0.3, -0.25) is 0 Å². The third kappa shape index (κ3) is 3.12. The maximum absolute atomic E-state index is 5.97. The Hall–Kier alpha value is -1.46. The van der Waals surface area contributed by atoms with Crippen LogP contribution in [-0.2, 0) is 11.3 Å². The molecule has 2 aliphatic heterocycles. The third-order valence-corrected chi connectivity index (χ3v) is 5.28. The van der Waals surface area contributed by atoms with Crippen molar-refractivity contribution >= 4 is 11.2 Å². The Labute approximate surface area is 137 Å². The minimum Gasteiger partial charge on any atom is -0.376 e. The first-order valence-electron chi connectivity index (χ1n) is 8.92. The maximum Gasteiger partial charge on any atom is 0.160 e. The van der Waals surface area contributed by atoms with Gasteiger partial charge in [0, 0.05) is 18.7 Å². The number of imidazole rings is 1. The summed E-state index contributed by atoms with van der Waals surface area (Å²) < 4.78 is 8.32. The molecule has 0 radical (unpaired) electrons. The molecule has 4 rings (SSSR count). The molecule has 0 aliphatic carbocycles. The number of likely N-dealkylation sites (tertiary alicyclic amines) is 1. The molecule has 5 heteroatoms. The minimum absolute atomic E-state index is 0.313. The number of aromatic nitrogens is 3. The first-order valence-corrected chi connectivity index (χ1v) is 8.92. The average molecular weight is 314 g/mol. The van der Waals surface area contributed by atoms with Crippen molar-refractivity contribution < 1.29 is 4.74 Å². The summed E-state index contributed by atoms with van der Waals surface area (Å²) in [5.74, 6) is 1.77. The van der Waals surface area contributed by atoms with Gasteiger partial charge in [0.2, 0.25) is 0 Å². The molecule has 2 aliphatic rings. The van der Waals surface area contributed by atoms with Crippen LogP contribution < -0.4 is 0 Å². The number of rotatable bonds is 3. The quantitative estimate of drug-likeness (QED) is 0.874. The van der Waals surface area contributed by atoms with Crippen molar-refractivity contribution in [3.8, 4) is 0 Å². The lowest BCUT2D eigenvalue weighted by Crippen LogP contribution is -2.31. The van der Waals surface area contributed by atoms with Crippen LogP contribution >= 0.6 is 0 Å². The highest BCUT2D eigenvalue weighted by atomic mass is 16.5. The van der Waals surface area contributed by atoms with Gasteiger partial charge in [-0.05, 0) is 64.4 Å². The van der Waals surface area contributed by atoms with Gasteiger partial charge >= 0.3 is 0 Å². The van der Waals surface area contributed by atoms with Crippen LogP contribution in [0.4, 0.5) is 0 Å². The molecule has 0 N–H and O–H groups in total. The van der Waals surface area contributed by atoms with Crippen LogP contribution in [0.25, 0.3) is 11.2 Å². The average Bonchev–Trinajstić information content (AvgIpc) is 2.95. The number of piperidine rings is 1. The lowest BCUT2D eigenvalue weighted by Gasteiger charge is -2.30. The molecule has 0 saturated carbocycles. The van der Waals surface area contributed by atoms with E-state index in [9.17, 15) is 0 Å². The van der Waals surface area contributed by atoms with Crippen molar-refractivity contribution in [3.05, 3.63) is 24.2 Å². The van der Waals surface area contributed by atoms with Gasteiger partial charge in [0.15, 0.2) is 5.65 Å². The molecule has 2 aromatic rings. The fourth-order valence-corrected chi connectivity index (χ4v) is 3.89. The second kappa shape index (κ2) is 6.57. The molecule has 2 fully saturated rings. The van der Waals surface area contributed by atoms with E-state index in [1.54, 1.807) is 0 Å². The predicted octanol–water partition coefficient (Wildman–Crippen LogP) is 2.81. The van der Waals surface area contributed by atoms with E-state index in [2.05, 4.69) is 27.6 Å². The molecule has 2 aromatic heterocycles. The minimum atomic E-state index is 0.313. The Morgan fingerprint density at radius 1 is 1.22 bits per heavy atom. The Morgan fingerprint density at radius 3 is 2.87 bits per heavy atom. The van der Waals surface area contributed by atoms with Crippen molar-refractivity contribution in [2.75, 3.05) is 26.7 Å². The number of fused-ring (bicyclic) bond motifs is 1. The van der Waals surface area contributed by atoms with Gasteiger partial charge in [-0.1, -0.05) is 0 Å². The van der Waals surface area contributed by atoms with E-state index < -0.39 is 0 Å². The smallest absolute Gasteiger partial charge is 0.160 e. The van der Waals surface area contributed by atoms with Crippen LogP contribution in [0.5, 0.6) is 0 Å². The van der Waals surface area contributed by atoms with Crippen molar-refractivity contribution in [2.24, 2.45) is 0 Å². The van der Waals surface area contributed by atoms with E-state index in [1.165, 1.54) is 31.5 Å². The molecule has 0 aromatic carbocycles. The normalized spacial score (nSPS) is 24.3. The molecule has 1 atom stereocenters. The summed E-state index contributed by atoms with van der Waals surface area (Å²) in [4.78, 5) is 12.0. The van der Waals surface area contributed by atoms with Gasteiger partial charge < -0.3 is 14.2 Å². The molecule has 23 heavy (non-hydrogen) atoms. The molecule has 0 amide bonds. The largest absolute Gasteiger partial charge is 0.376 e.